The van der Waals surface area contributed by atoms with Gasteiger partial charge in [-0.2, -0.15) is 0 Å². The molecule has 1 aromatic rings. The van der Waals surface area contributed by atoms with E-state index in [0.717, 1.165) is 35.1 Å². The lowest BCUT2D eigenvalue weighted by atomic mass is 10.0. The summed E-state index contributed by atoms with van der Waals surface area (Å²) >= 11 is 2.27. The normalized spacial score (nSPS) is 10.8. The smallest absolute Gasteiger partial charge is 0.254 e. The van der Waals surface area contributed by atoms with Gasteiger partial charge in [0.05, 0.1) is 5.56 Å². The van der Waals surface area contributed by atoms with Gasteiger partial charge in [-0.25, -0.2) is 0 Å². The van der Waals surface area contributed by atoms with Gasteiger partial charge in [-0.1, -0.05) is 38.8 Å². The number of hydrogen-bond acceptors (Lipinski definition) is 1. The predicted molar refractivity (Wildman–Crippen MR) is 89.5 cm³/mol. The lowest BCUT2D eigenvalue weighted by Gasteiger charge is -2.26. The molecule has 0 aromatic heterocycles. The first-order valence-electron chi connectivity index (χ1n) is 7.09. The van der Waals surface area contributed by atoms with Gasteiger partial charge in [-0.05, 0) is 54.0 Å². The number of carbonyl (C=O) groups excluding carboxylic acids is 1. The molecule has 2 nitrogen and oxygen atoms in total. The maximum atomic E-state index is 12.6. The highest BCUT2D eigenvalue weighted by Crippen LogP contribution is 2.20. The molecule has 0 aliphatic carbocycles. The number of nitrogens with zero attached hydrogens (tertiary/aromatic N) is 1. The van der Waals surface area contributed by atoms with Crippen molar-refractivity contribution in [2.45, 2.75) is 40.5 Å². The number of amides is 1. The fraction of sp³-hybridized carbons (Fsp3) is 0.562. The van der Waals surface area contributed by atoms with Crippen molar-refractivity contribution in [1.82, 2.24) is 4.90 Å². The summed E-state index contributed by atoms with van der Waals surface area (Å²) in [6.45, 7) is 10.1. The lowest BCUT2D eigenvalue weighted by molar-refractivity contribution is 0.0734. The minimum Gasteiger partial charge on any atom is -0.339 e. The van der Waals surface area contributed by atoms with Crippen molar-refractivity contribution >= 4 is 28.5 Å². The summed E-state index contributed by atoms with van der Waals surface area (Å²) in [4.78, 5) is 14.6. The van der Waals surface area contributed by atoms with Crippen molar-refractivity contribution < 1.29 is 4.79 Å². The van der Waals surface area contributed by atoms with E-state index in [2.05, 4.69) is 56.4 Å². The second-order valence-corrected chi connectivity index (χ2v) is 6.04. The van der Waals surface area contributed by atoms with E-state index < -0.39 is 0 Å². The minimum atomic E-state index is 0.169. The van der Waals surface area contributed by atoms with Gasteiger partial charge < -0.3 is 4.90 Å². The van der Waals surface area contributed by atoms with Crippen LogP contribution in [-0.4, -0.2) is 23.9 Å². The largest absolute Gasteiger partial charge is 0.339 e. The van der Waals surface area contributed by atoms with Crippen LogP contribution in [-0.2, 0) is 0 Å². The van der Waals surface area contributed by atoms with Crippen molar-refractivity contribution in [3.8, 4) is 0 Å². The van der Waals surface area contributed by atoms with Gasteiger partial charge in [-0.3, -0.25) is 4.79 Å². The van der Waals surface area contributed by atoms with E-state index in [4.69, 9.17) is 0 Å². The summed E-state index contributed by atoms with van der Waals surface area (Å²) in [7, 11) is 0. The molecule has 0 saturated heterocycles. The highest BCUT2D eigenvalue weighted by atomic mass is 127. The molecular weight excluding hydrogens is 349 g/mol. The molecule has 0 unspecified atom stereocenters. The molecule has 1 rings (SSSR count). The zero-order chi connectivity index (χ0) is 14.4. The molecule has 0 radical (unpaired) electrons. The van der Waals surface area contributed by atoms with Crippen molar-refractivity contribution in [2.24, 2.45) is 5.92 Å². The number of carbonyl (C=O) groups is 1. The van der Waals surface area contributed by atoms with Gasteiger partial charge in [0.2, 0.25) is 0 Å². The second-order valence-electron chi connectivity index (χ2n) is 4.96. The lowest BCUT2D eigenvalue weighted by Crippen LogP contribution is -2.35. The van der Waals surface area contributed by atoms with Gasteiger partial charge in [0.25, 0.3) is 5.91 Å². The molecule has 0 aliphatic rings. The Morgan fingerprint density at radius 1 is 1.26 bits per heavy atom. The molecule has 3 heteroatoms. The molecule has 0 aliphatic heterocycles. The Hall–Kier alpha value is -0.580. The fourth-order valence-electron chi connectivity index (χ4n) is 2.20. The van der Waals surface area contributed by atoms with Crippen LogP contribution in [0.4, 0.5) is 0 Å². The van der Waals surface area contributed by atoms with Crippen molar-refractivity contribution in [3.63, 3.8) is 0 Å². The average Bonchev–Trinajstić information content (AvgIpc) is 2.43. The molecule has 19 heavy (non-hydrogen) atoms. The van der Waals surface area contributed by atoms with Crippen molar-refractivity contribution in [2.75, 3.05) is 13.1 Å². The first-order valence-corrected chi connectivity index (χ1v) is 8.17. The second kappa shape index (κ2) is 7.88. The predicted octanol–water partition coefficient (Wildman–Crippen LogP) is 4.50. The number of rotatable bonds is 6. The molecule has 0 N–H and O–H groups in total. The topological polar surface area (TPSA) is 20.3 Å². The molecule has 106 valence electrons. The van der Waals surface area contributed by atoms with Crippen molar-refractivity contribution in [1.29, 1.82) is 0 Å². The Balaban J connectivity index is 2.92. The number of aryl methyl sites for hydroxylation is 1. The summed E-state index contributed by atoms with van der Waals surface area (Å²) in [6.07, 6.45) is 2.26. The molecular formula is C16H24INO. The molecule has 0 bridgehead atoms. The van der Waals surface area contributed by atoms with Gasteiger partial charge >= 0.3 is 0 Å². The monoisotopic (exact) mass is 373 g/mol. The standard InChI is InChI=1S/C16H24INO/c1-5-13(6-2)11-18(7-3)16(19)14-10-8-9-12(4)15(14)17/h8-10,13H,5-7,11H2,1-4H3. The quantitative estimate of drug-likeness (QED) is 0.673. The summed E-state index contributed by atoms with van der Waals surface area (Å²) in [5, 5.41) is 0. The van der Waals surface area contributed by atoms with E-state index >= 15 is 0 Å². The summed E-state index contributed by atoms with van der Waals surface area (Å²) < 4.78 is 1.08. The number of hydrogen-bond donors (Lipinski definition) is 0. The molecule has 0 heterocycles. The zero-order valence-electron chi connectivity index (χ0n) is 12.4. The molecule has 0 saturated carbocycles. The summed E-state index contributed by atoms with van der Waals surface area (Å²) in [6, 6.07) is 5.96. The molecule has 1 aromatic carbocycles. The summed E-state index contributed by atoms with van der Waals surface area (Å²) in [5.74, 6) is 0.772. The Morgan fingerprint density at radius 3 is 2.42 bits per heavy atom. The number of halogens is 1. The maximum Gasteiger partial charge on any atom is 0.254 e. The minimum absolute atomic E-state index is 0.169. The van der Waals surface area contributed by atoms with Gasteiger partial charge in [0.15, 0.2) is 0 Å². The van der Waals surface area contributed by atoms with Gasteiger partial charge in [0.1, 0.15) is 0 Å². The highest BCUT2D eigenvalue weighted by Gasteiger charge is 2.19. The molecule has 0 fully saturated rings. The van der Waals surface area contributed by atoms with Gasteiger partial charge in [0, 0.05) is 16.7 Å². The fourth-order valence-corrected chi connectivity index (χ4v) is 2.79. The van der Waals surface area contributed by atoms with E-state index in [1.807, 2.05) is 17.0 Å². The Kier molecular flexibility index (Phi) is 6.83. The molecule has 1 amide bonds. The van der Waals surface area contributed by atoms with Crippen LogP contribution in [0.2, 0.25) is 0 Å². The summed E-state index contributed by atoms with van der Waals surface area (Å²) in [5.41, 5.74) is 2.01. The first-order chi connectivity index (χ1) is 9.04. The van der Waals surface area contributed by atoms with E-state index in [0.29, 0.717) is 5.92 Å². The van der Waals surface area contributed by atoms with E-state index in [1.54, 1.807) is 0 Å². The Labute approximate surface area is 130 Å². The van der Waals surface area contributed by atoms with Crippen LogP contribution in [0.1, 0.15) is 49.5 Å². The van der Waals surface area contributed by atoms with Gasteiger partial charge in [-0.15, -0.1) is 0 Å². The Morgan fingerprint density at radius 2 is 1.89 bits per heavy atom. The van der Waals surface area contributed by atoms with Crippen molar-refractivity contribution in [3.05, 3.63) is 32.9 Å². The first kappa shape index (κ1) is 16.5. The van der Waals surface area contributed by atoms with Crippen LogP contribution in [0.3, 0.4) is 0 Å². The highest BCUT2D eigenvalue weighted by molar-refractivity contribution is 14.1. The van der Waals surface area contributed by atoms with Crippen LogP contribution in [0, 0.1) is 16.4 Å². The third kappa shape index (κ3) is 4.20. The maximum absolute atomic E-state index is 12.6. The SMILES string of the molecule is CCC(CC)CN(CC)C(=O)c1cccc(C)c1I. The van der Waals surface area contributed by atoms with E-state index in [-0.39, 0.29) is 5.91 Å². The van der Waals surface area contributed by atoms with Crippen LogP contribution < -0.4 is 0 Å². The van der Waals surface area contributed by atoms with E-state index in [1.165, 1.54) is 5.56 Å². The molecule has 0 atom stereocenters. The number of benzene rings is 1. The van der Waals surface area contributed by atoms with Crippen LogP contribution in [0.25, 0.3) is 0 Å². The third-order valence-electron chi connectivity index (χ3n) is 3.72. The van der Waals surface area contributed by atoms with Crippen LogP contribution in [0.15, 0.2) is 18.2 Å². The third-order valence-corrected chi connectivity index (χ3v) is 5.16. The zero-order valence-corrected chi connectivity index (χ0v) is 14.5. The van der Waals surface area contributed by atoms with Crippen LogP contribution >= 0.6 is 22.6 Å². The Bertz CT molecular complexity index is 427. The molecule has 0 spiro atoms. The van der Waals surface area contributed by atoms with Crippen LogP contribution in [0.5, 0.6) is 0 Å². The average molecular weight is 373 g/mol. The van der Waals surface area contributed by atoms with E-state index in [9.17, 15) is 4.79 Å².